The molecular formula is C30H27N7O2. The fraction of sp³-hybridized carbons (Fsp3) is 0.167. The van der Waals surface area contributed by atoms with Crippen LogP contribution in [0, 0.1) is 0 Å². The van der Waals surface area contributed by atoms with Crippen molar-refractivity contribution in [2.24, 2.45) is 0 Å². The minimum absolute atomic E-state index is 0.0642. The Morgan fingerprint density at radius 2 is 1.79 bits per heavy atom. The van der Waals surface area contributed by atoms with E-state index in [4.69, 9.17) is 5.10 Å². The summed E-state index contributed by atoms with van der Waals surface area (Å²) in [5.74, 6) is 0.473. The predicted octanol–water partition coefficient (Wildman–Crippen LogP) is 5.67. The van der Waals surface area contributed by atoms with E-state index in [9.17, 15) is 9.59 Å². The number of anilines is 2. The van der Waals surface area contributed by atoms with Gasteiger partial charge in [0, 0.05) is 40.9 Å². The molecule has 0 bridgehead atoms. The lowest BCUT2D eigenvalue weighted by molar-refractivity contribution is 0.0965. The molecule has 39 heavy (non-hydrogen) atoms. The summed E-state index contributed by atoms with van der Waals surface area (Å²) in [7, 11) is 0. The molecule has 3 heterocycles. The van der Waals surface area contributed by atoms with E-state index in [1.165, 1.54) is 6.33 Å². The van der Waals surface area contributed by atoms with Gasteiger partial charge in [-0.25, -0.2) is 19.4 Å². The Balaban J connectivity index is 1.28. The van der Waals surface area contributed by atoms with Crippen LogP contribution in [0.3, 0.4) is 0 Å². The molecule has 0 radical (unpaired) electrons. The number of fused-ring (bicyclic) bond motifs is 2. The summed E-state index contributed by atoms with van der Waals surface area (Å²) in [6.45, 7) is 6.72. The van der Waals surface area contributed by atoms with Gasteiger partial charge in [0.15, 0.2) is 0 Å². The molecule has 0 unspecified atom stereocenters. The topological polar surface area (TPSA) is 114 Å². The fourth-order valence-electron chi connectivity index (χ4n) is 4.70. The highest BCUT2D eigenvalue weighted by atomic mass is 16.2. The second-order valence-electron chi connectivity index (χ2n) is 10.5. The Bertz CT molecular complexity index is 1750. The Morgan fingerprint density at radius 3 is 2.64 bits per heavy atom. The average Bonchev–Trinajstić information content (AvgIpc) is 3.52. The lowest BCUT2D eigenvalue weighted by atomic mass is 9.92. The third-order valence-electron chi connectivity index (χ3n) is 6.73. The zero-order valence-corrected chi connectivity index (χ0v) is 21.8. The van der Waals surface area contributed by atoms with Gasteiger partial charge in [-0.05, 0) is 53.1 Å². The van der Waals surface area contributed by atoms with E-state index < -0.39 is 6.03 Å². The highest BCUT2D eigenvalue weighted by Crippen LogP contribution is 2.31. The smallest absolute Gasteiger partial charge is 0.324 e. The molecular weight excluding hydrogens is 490 g/mol. The SMILES string of the molecule is CC(C)(C)c1cc(NC(=O)Nc2cccc(-c3cccc4c3CNC4=O)c2)n(-c2ccc3ncncc3c2)n1. The highest BCUT2D eigenvalue weighted by Gasteiger charge is 2.23. The average molecular weight is 518 g/mol. The predicted molar refractivity (Wildman–Crippen MR) is 151 cm³/mol. The minimum atomic E-state index is -0.395. The molecule has 9 nitrogen and oxygen atoms in total. The van der Waals surface area contributed by atoms with Crippen LogP contribution in [0.25, 0.3) is 27.7 Å². The number of hydrogen-bond acceptors (Lipinski definition) is 5. The standard InChI is InChI=1S/C30H27N7O2/c1-30(2,3)26-14-27(37(36-26)21-10-11-25-19(13-21)15-31-17-33-25)35-29(39)34-20-7-4-6-18(12-20)22-8-5-9-23-24(22)16-32-28(23)38/h4-15,17H,16H2,1-3H3,(H,32,38)(H2,34,35,39). The highest BCUT2D eigenvalue weighted by molar-refractivity contribution is 6.01. The first-order chi connectivity index (χ1) is 18.8. The molecule has 3 N–H and O–H groups in total. The van der Waals surface area contributed by atoms with E-state index in [1.54, 1.807) is 10.9 Å². The number of carbonyl (C=O) groups excluding carboxylic acids is 2. The molecule has 194 valence electrons. The second kappa shape index (κ2) is 9.36. The third-order valence-corrected chi connectivity index (χ3v) is 6.73. The van der Waals surface area contributed by atoms with Crippen molar-refractivity contribution in [2.45, 2.75) is 32.7 Å². The number of aromatic nitrogens is 4. The van der Waals surface area contributed by atoms with Gasteiger partial charge >= 0.3 is 6.03 Å². The summed E-state index contributed by atoms with van der Waals surface area (Å²) >= 11 is 0. The number of nitrogens with zero attached hydrogens (tertiary/aromatic N) is 4. The molecule has 6 rings (SSSR count). The number of nitrogens with one attached hydrogen (secondary N) is 3. The van der Waals surface area contributed by atoms with Gasteiger partial charge in [-0.3, -0.25) is 10.1 Å². The van der Waals surface area contributed by atoms with Gasteiger partial charge in [0.1, 0.15) is 12.1 Å². The molecule has 1 aliphatic heterocycles. The van der Waals surface area contributed by atoms with Crippen LogP contribution in [0.2, 0.25) is 0 Å². The number of carbonyl (C=O) groups is 2. The quantitative estimate of drug-likeness (QED) is 0.284. The van der Waals surface area contributed by atoms with Crippen molar-refractivity contribution >= 4 is 34.3 Å². The van der Waals surface area contributed by atoms with Crippen molar-refractivity contribution < 1.29 is 9.59 Å². The maximum atomic E-state index is 13.2. The Kier molecular flexibility index (Phi) is 5.83. The first-order valence-corrected chi connectivity index (χ1v) is 12.7. The first kappa shape index (κ1) is 24.3. The first-order valence-electron chi connectivity index (χ1n) is 12.7. The maximum absolute atomic E-state index is 13.2. The van der Waals surface area contributed by atoms with Crippen molar-refractivity contribution in [3.63, 3.8) is 0 Å². The van der Waals surface area contributed by atoms with Crippen LogP contribution >= 0.6 is 0 Å². The van der Waals surface area contributed by atoms with Crippen LogP contribution in [0.4, 0.5) is 16.3 Å². The summed E-state index contributed by atoms with van der Waals surface area (Å²) in [6.07, 6.45) is 3.27. The van der Waals surface area contributed by atoms with E-state index in [0.717, 1.165) is 39.0 Å². The van der Waals surface area contributed by atoms with E-state index in [0.29, 0.717) is 23.6 Å². The van der Waals surface area contributed by atoms with Gasteiger partial charge in [-0.1, -0.05) is 45.0 Å². The molecule has 0 saturated carbocycles. The molecule has 2 aromatic heterocycles. The molecule has 3 aromatic carbocycles. The molecule has 1 aliphatic rings. The molecule has 3 amide bonds. The summed E-state index contributed by atoms with van der Waals surface area (Å²) in [6, 6.07) is 20.5. The number of benzene rings is 3. The van der Waals surface area contributed by atoms with Crippen LogP contribution < -0.4 is 16.0 Å². The Labute approximate surface area is 225 Å². The molecule has 0 aliphatic carbocycles. The minimum Gasteiger partial charge on any atom is -0.348 e. The summed E-state index contributed by atoms with van der Waals surface area (Å²) < 4.78 is 1.72. The van der Waals surface area contributed by atoms with Crippen LogP contribution in [-0.4, -0.2) is 31.7 Å². The summed E-state index contributed by atoms with van der Waals surface area (Å²) in [4.78, 5) is 33.7. The van der Waals surface area contributed by atoms with E-state index in [1.807, 2.05) is 66.7 Å². The van der Waals surface area contributed by atoms with Crippen molar-refractivity contribution in [1.29, 1.82) is 0 Å². The number of rotatable bonds is 4. The van der Waals surface area contributed by atoms with Gasteiger partial charge in [0.25, 0.3) is 5.91 Å². The molecule has 0 spiro atoms. The van der Waals surface area contributed by atoms with Crippen LogP contribution in [0.15, 0.2) is 79.3 Å². The maximum Gasteiger partial charge on any atom is 0.324 e. The molecule has 5 aromatic rings. The monoisotopic (exact) mass is 517 g/mol. The lowest BCUT2D eigenvalue weighted by Crippen LogP contribution is -2.21. The third kappa shape index (κ3) is 4.70. The van der Waals surface area contributed by atoms with E-state index >= 15 is 0 Å². The molecule has 0 saturated heterocycles. The number of amides is 3. The van der Waals surface area contributed by atoms with Crippen molar-refractivity contribution in [1.82, 2.24) is 25.1 Å². The second-order valence-corrected chi connectivity index (χ2v) is 10.5. The molecule has 0 fully saturated rings. The van der Waals surface area contributed by atoms with Crippen molar-refractivity contribution in [3.8, 4) is 16.8 Å². The van der Waals surface area contributed by atoms with Crippen LogP contribution in [-0.2, 0) is 12.0 Å². The van der Waals surface area contributed by atoms with Gasteiger partial charge in [0.2, 0.25) is 0 Å². The van der Waals surface area contributed by atoms with Gasteiger partial charge in [-0.15, -0.1) is 0 Å². The Morgan fingerprint density at radius 1 is 0.974 bits per heavy atom. The van der Waals surface area contributed by atoms with Crippen LogP contribution in [0.5, 0.6) is 0 Å². The summed E-state index contributed by atoms with van der Waals surface area (Å²) in [5.41, 5.74) is 6.38. The van der Waals surface area contributed by atoms with Crippen molar-refractivity contribution in [3.05, 3.63) is 96.1 Å². The van der Waals surface area contributed by atoms with Gasteiger partial charge in [-0.2, -0.15) is 5.10 Å². The zero-order valence-electron chi connectivity index (χ0n) is 21.8. The molecule has 9 heteroatoms. The molecule has 0 atom stereocenters. The lowest BCUT2D eigenvalue weighted by Gasteiger charge is -2.14. The van der Waals surface area contributed by atoms with Gasteiger partial charge < -0.3 is 10.6 Å². The van der Waals surface area contributed by atoms with Crippen LogP contribution in [0.1, 0.15) is 42.4 Å². The van der Waals surface area contributed by atoms with Crippen molar-refractivity contribution in [2.75, 3.05) is 10.6 Å². The summed E-state index contributed by atoms with van der Waals surface area (Å²) in [5, 5.41) is 14.5. The largest absolute Gasteiger partial charge is 0.348 e. The fourth-order valence-corrected chi connectivity index (χ4v) is 4.70. The van der Waals surface area contributed by atoms with E-state index in [2.05, 4.69) is 46.7 Å². The normalized spacial score (nSPS) is 12.7. The zero-order chi connectivity index (χ0) is 27.1. The van der Waals surface area contributed by atoms with Gasteiger partial charge in [0.05, 0.1) is 16.9 Å². The Hall–Kier alpha value is -5.05. The number of urea groups is 1. The number of hydrogen-bond donors (Lipinski definition) is 3. The van der Waals surface area contributed by atoms with E-state index in [-0.39, 0.29) is 11.3 Å².